The molecule has 0 saturated carbocycles. The molecule has 134 valence electrons. The van der Waals surface area contributed by atoms with Gasteiger partial charge in [0.25, 0.3) is 0 Å². The maximum atomic E-state index is 6.06. The van der Waals surface area contributed by atoms with E-state index in [-0.39, 0.29) is 0 Å². The van der Waals surface area contributed by atoms with E-state index < -0.39 is 0 Å². The largest absolute Gasteiger partial charge is 0.489 e. The molecule has 1 atom stereocenters. The van der Waals surface area contributed by atoms with Crippen molar-refractivity contribution in [2.45, 2.75) is 32.8 Å². The summed E-state index contributed by atoms with van der Waals surface area (Å²) >= 11 is 0. The molecule has 0 aromatic heterocycles. The third-order valence-electron chi connectivity index (χ3n) is 4.94. The molecule has 0 fully saturated rings. The van der Waals surface area contributed by atoms with Crippen molar-refractivity contribution in [3.8, 4) is 5.75 Å². The van der Waals surface area contributed by atoms with E-state index in [2.05, 4.69) is 56.3 Å². The molecule has 3 rings (SSSR count). The number of ether oxygens (including phenoxy) is 1. The molecule has 0 amide bonds. The van der Waals surface area contributed by atoms with Gasteiger partial charge in [-0.3, -0.25) is 0 Å². The summed E-state index contributed by atoms with van der Waals surface area (Å²) in [6, 6.07) is 25.3. The molecular formula is C24H27NO. The summed E-state index contributed by atoms with van der Waals surface area (Å²) in [6.45, 7) is 5.54. The maximum absolute atomic E-state index is 6.06. The second-order valence-corrected chi connectivity index (χ2v) is 6.90. The Labute approximate surface area is 156 Å². The highest BCUT2D eigenvalue weighted by molar-refractivity contribution is 5.34. The zero-order valence-electron chi connectivity index (χ0n) is 15.6. The molecule has 0 radical (unpaired) electrons. The van der Waals surface area contributed by atoms with Crippen molar-refractivity contribution in [1.82, 2.24) is 0 Å². The first-order chi connectivity index (χ1) is 12.7. The molecule has 2 heteroatoms. The van der Waals surface area contributed by atoms with Crippen LogP contribution in [-0.4, -0.2) is 6.54 Å². The number of hydrogen-bond donors (Lipinski definition) is 1. The van der Waals surface area contributed by atoms with Gasteiger partial charge in [-0.2, -0.15) is 0 Å². The van der Waals surface area contributed by atoms with E-state index in [9.17, 15) is 0 Å². The molecule has 0 aliphatic carbocycles. The Balaban J connectivity index is 1.63. The number of benzene rings is 3. The highest BCUT2D eigenvalue weighted by Crippen LogP contribution is 2.24. The van der Waals surface area contributed by atoms with Crippen LogP contribution in [-0.2, 0) is 13.0 Å². The van der Waals surface area contributed by atoms with Crippen LogP contribution in [0.1, 0.15) is 33.7 Å². The van der Waals surface area contributed by atoms with Gasteiger partial charge in [0, 0.05) is 5.92 Å². The quantitative estimate of drug-likeness (QED) is 0.641. The van der Waals surface area contributed by atoms with Crippen LogP contribution in [0.2, 0.25) is 0 Å². The van der Waals surface area contributed by atoms with Gasteiger partial charge in [-0.15, -0.1) is 0 Å². The number of rotatable bonds is 7. The van der Waals surface area contributed by atoms with Gasteiger partial charge >= 0.3 is 0 Å². The Morgan fingerprint density at radius 2 is 1.54 bits per heavy atom. The minimum Gasteiger partial charge on any atom is -0.489 e. The van der Waals surface area contributed by atoms with Crippen molar-refractivity contribution in [2.75, 3.05) is 6.54 Å². The zero-order chi connectivity index (χ0) is 18.4. The molecule has 1 unspecified atom stereocenters. The van der Waals surface area contributed by atoms with Crippen LogP contribution in [0, 0.1) is 13.8 Å². The molecule has 0 saturated heterocycles. The minimum absolute atomic E-state index is 0.338. The molecule has 0 spiro atoms. The molecule has 2 nitrogen and oxygen atoms in total. The fourth-order valence-corrected chi connectivity index (χ4v) is 3.10. The monoisotopic (exact) mass is 345 g/mol. The first-order valence-electron chi connectivity index (χ1n) is 9.18. The SMILES string of the molecule is Cc1ccc(C(CN)Cc2ccc(OCc3ccccc3)cc2)cc1C. The minimum atomic E-state index is 0.338. The summed E-state index contributed by atoms with van der Waals surface area (Å²) in [5.74, 6) is 1.23. The first kappa shape index (κ1) is 18.2. The second kappa shape index (κ2) is 8.68. The summed E-state index contributed by atoms with van der Waals surface area (Å²) in [5, 5.41) is 0. The van der Waals surface area contributed by atoms with Crippen molar-refractivity contribution in [2.24, 2.45) is 5.73 Å². The van der Waals surface area contributed by atoms with Gasteiger partial charge in [-0.1, -0.05) is 60.7 Å². The Morgan fingerprint density at radius 1 is 0.808 bits per heavy atom. The van der Waals surface area contributed by atoms with Gasteiger partial charge in [0.2, 0.25) is 0 Å². The van der Waals surface area contributed by atoms with Crippen LogP contribution in [0.5, 0.6) is 5.75 Å². The third kappa shape index (κ3) is 4.74. The zero-order valence-corrected chi connectivity index (χ0v) is 15.6. The average Bonchev–Trinajstić information content (AvgIpc) is 2.68. The first-order valence-corrected chi connectivity index (χ1v) is 9.18. The summed E-state index contributed by atoms with van der Waals surface area (Å²) in [6.07, 6.45) is 0.942. The summed E-state index contributed by atoms with van der Waals surface area (Å²) in [5.41, 5.74) is 12.5. The van der Waals surface area contributed by atoms with Crippen molar-refractivity contribution < 1.29 is 4.74 Å². The van der Waals surface area contributed by atoms with E-state index in [4.69, 9.17) is 10.5 Å². The van der Waals surface area contributed by atoms with E-state index in [1.54, 1.807) is 0 Å². The van der Waals surface area contributed by atoms with Gasteiger partial charge in [0.05, 0.1) is 0 Å². The lowest BCUT2D eigenvalue weighted by atomic mass is 9.90. The predicted octanol–water partition coefficient (Wildman–Crippen LogP) is 5.17. The topological polar surface area (TPSA) is 35.2 Å². The maximum Gasteiger partial charge on any atom is 0.119 e. The van der Waals surface area contributed by atoms with Crippen molar-refractivity contribution in [3.63, 3.8) is 0 Å². The summed E-state index contributed by atoms with van der Waals surface area (Å²) in [7, 11) is 0. The lowest BCUT2D eigenvalue weighted by molar-refractivity contribution is 0.306. The van der Waals surface area contributed by atoms with E-state index in [0.717, 1.165) is 12.2 Å². The molecule has 3 aromatic carbocycles. The third-order valence-corrected chi connectivity index (χ3v) is 4.94. The lowest BCUT2D eigenvalue weighted by Gasteiger charge is -2.17. The van der Waals surface area contributed by atoms with Gasteiger partial charge in [0.15, 0.2) is 0 Å². The normalized spacial score (nSPS) is 12.0. The van der Waals surface area contributed by atoms with E-state index >= 15 is 0 Å². The Kier molecular flexibility index (Phi) is 6.08. The Hall–Kier alpha value is -2.58. The van der Waals surface area contributed by atoms with Gasteiger partial charge in [-0.25, -0.2) is 0 Å². The van der Waals surface area contributed by atoms with Crippen LogP contribution in [0.15, 0.2) is 72.8 Å². The Bertz CT molecular complexity index is 825. The molecule has 0 aliphatic rings. The van der Waals surface area contributed by atoms with Crippen LogP contribution in [0.25, 0.3) is 0 Å². The van der Waals surface area contributed by atoms with E-state index in [1.165, 1.54) is 27.8 Å². The smallest absolute Gasteiger partial charge is 0.119 e. The van der Waals surface area contributed by atoms with Crippen LogP contribution < -0.4 is 10.5 Å². The molecule has 0 heterocycles. The highest BCUT2D eigenvalue weighted by atomic mass is 16.5. The van der Waals surface area contributed by atoms with Gasteiger partial charge in [0.1, 0.15) is 12.4 Å². The molecule has 0 bridgehead atoms. The number of aryl methyl sites for hydroxylation is 2. The molecule has 3 aromatic rings. The summed E-state index contributed by atoms with van der Waals surface area (Å²) < 4.78 is 5.87. The van der Waals surface area contributed by atoms with Crippen molar-refractivity contribution >= 4 is 0 Å². The van der Waals surface area contributed by atoms with Gasteiger partial charge in [-0.05, 0) is 66.8 Å². The molecule has 26 heavy (non-hydrogen) atoms. The molecular weight excluding hydrogens is 318 g/mol. The fourth-order valence-electron chi connectivity index (χ4n) is 3.10. The predicted molar refractivity (Wildman–Crippen MR) is 109 cm³/mol. The van der Waals surface area contributed by atoms with E-state index in [1.807, 2.05) is 30.3 Å². The van der Waals surface area contributed by atoms with Crippen LogP contribution in [0.4, 0.5) is 0 Å². The number of hydrogen-bond acceptors (Lipinski definition) is 2. The summed E-state index contributed by atoms with van der Waals surface area (Å²) in [4.78, 5) is 0. The molecule has 0 aliphatic heterocycles. The van der Waals surface area contributed by atoms with Crippen molar-refractivity contribution in [1.29, 1.82) is 0 Å². The lowest BCUT2D eigenvalue weighted by Crippen LogP contribution is -2.15. The standard InChI is InChI=1S/C24H27NO/c1-18-8-11-22(14-19(18)2)23(16-25)15-20-9-12-24(13-10-20)26-17-21-6-4-3-5-7-21/h3-14,23H,15-17,25H2,1-2H3. The highest BCUT2D eigenvalue weighted by Gasteiger charge is 2.11. The fraction of sp³-hybridized carbons (Fsp3) is 0.250. The van der Waals surface area contributed by atoms with Crippen LogP contribution in [0.3, 0.4) is 0 Å². The van der Waals surface area contributed by atoms with Crippen LogP contribution >= 0.6 is 0 Å². The Morgan fingerprint density at radius 3 is 2.19 bits per heavy atom. The molecule has 2 N–H and O–H groups in total. The number of nitrogens with two attached hydrogens (primary N) is 1. The van der Waals surface area contributed by atoms with E-state index in [0.29, 0.717) is 19.1 Å². The average molecular weight is 345 g/mol. The second-order valence-electron chi connectivity index (χ2n) is 6.90. The van der Waals surface area contributed by atoms with Gasteiger partial charge < -0.3 is 10.5 Å². The van der Waals surface area contributed by atoms with Crippen molar-refractivity contribution in [3.05, 3.63) is 101 Å².